The molecule has 2 N–H and O–H groups in total. The summed E-state index contributed by atoms with van der Waals surface area (Å²) in [6, 6.07) is 0. The average molecular weight is 218 g/mol. The molecule has 0 aliphatic rings. The first-order valence-corrected chi connectivity index (χ1v) is 5.54. The van der Waals surface area contributed by atoms with Crippen LogP contribution in [0.2, 0.25) is 0 Å². The van der Waals surface area contributed by atoms with Gasteiger partial charge in [0.1, 0.15) is 0 Å². The molecule has 0 saturated heterocycles. The van der Waals surface area contributed by atoms with E-state index in [1.54, 1.807) is 6.08 Å². The molecule has 0 bridgehead atoms. The molecular formula is C14H22N2. The number of hydrogen-bond acceptors (Lipinski definition) is 2. The highest BCUT2D eigenvalue weighted by atomic mass is 15.1. The molecule has 0 heterocycles. The largest absolute Gasteiger partial charge is 0.398 e. The lowest BCUT2D eigenvalue weighted by Gasteiger charge is -2.16. The summed E-state index contributed by atoms with van der Waals surface area (Å²) in [6.07, 6.45) is 12.8. The fourth-order valence-electron chi connectivity index (χ4n) is 1.52. The Labute approximate surface area is 99.5 Å². The van der Waals surface area contributed by atoms with Crippen molar-refractivity contribution in [1.29, 1.82) is 0 Å². The van der Waals surface area contributed by atoms with Gasteiger partial charge in [0, 0.05) is 24.9 Å². The zero-order valence-electron chi connectivity index (χ0n) is 10.4. The molecule has 0 radical (unpaired) electrons. The third-order valence-corrected chi connectivity index (χ3v) is 2.11. The SMILES string of the molecule is C#C/C=C(N)\C=C(/CCC)CN(C)CC=C. The van der Waals surface area contributed by atoms with Crippen molar-refractivity contribution in [3.63, 3.8) is 0 Å². The predicted molar refractivity (Wildman–Crippen MR) is 71.8 cm³/mol. The molecule has 0 unspecified atom stereocenters. The number of hydrogen-bond donors (Lipinski definition) is 1. The van der Waals surface area contributed by atoms with Gasteiger partial charge in [-0.25, -0.2) is 0 Å². The van der Waals surface area contributed by atoms with Crippen molar-refractivity contribution in [2.24, 2.45) is 5.73 Å². The van der Waals surface area contributed by atoms with Crippen LogP contribution < -0.4 is 5.73 Å². The van der Waals surface area contributed by atoms with Crippen molar-refractivity contribution in [3.8, 4) is 12.3 Å². The average Bonchev–Trinajstić information content (AvgIpc) is 2.18. The summed E-state index contributed by atoms with van der Waals surface area (Å²) in [6.45, 7) is 7.65. The second-order valence-corrected chi connectivity index (χ2v) is 3.85. The number of allylic oxidation sites excluding steroid dienone is 2. The van der Waals surface area contributed by atoms with Crippen molar-refractivity contribution in [2.45, 2.75) is 19.8 Å². The van der Waals surface area contributed by atoms with Crippen molar-refractivity contribution in [1.82, 2.24) is 4.90 Å². The van der Waals surface area contributed by atoms with E-state index in [1.165, 1.54) is 5.57 Å². The van der Waals surface area contributed by atoms with E-state index >= 15 is 0 Å². The van der Waals surface area contributed by atoms with Crippen molar-refractivity contribution >= 4 is 0 Å². The van der Waals surface area contributed by atoms with Crippen LogP contribution in [0.1, 0.15) is 19.8 Å². The number of terminal acetylenes is 1. The van der Waals surface area contributed by atoms with Crippen molar-refractivity contribution in [2.75, 3.05) is 20.1 Å². The Morgan fingerprint density at radius 2 is 2.25 bits per heavy atom. The molecule has 0 rings (SSSR count). The third-order valence-electron chi connectivity index (χ3n) is 2.11. The quantitative estimate of drug-likeness (QED) is 0.403. The Morgan fingerprint density at radius 3 is 2.75 bits per heavy atom. The van der Waals surface area contributed by atoms with Crippen molar-refractivity contribution in [3.05, 3.63) is 36.1 Å². The maximum atomic E-state index is 5.77. The summed E-state index contributed by atoms with van der Waals surface area (Å²) >= 11 is 0. The standard InChI is InChI=1S/C14H22N2/c1-5-8-13(11-14(15)9-6-2)12-16(4)10-7-3/h2,7,9,11H,3,5,8,10,12,15H2,1,4H3/b13-11+,14-9+. The van der Waals surface area contributed by atoms with Crippen LogP contribution in [0.5, 0.6) is 0 Å². The monoisotopic (exact) mass is 218 g/mol. The van der Waals surface area contributed by atoms with Crippen LogP contribution >= 0.6 is 0 Å². The van der Waals surface area contributed by atoms with E-state index in [4.69, 9.17) is 12.2 Å². The van der Waals surface area contributed by atoms with E-state index in [-0.39, 0.29) is 0 Å². The van der Waals surface area contributed by atoms with Crippen LogP contribution in [0, 0.1) is 12.3 Å². The van der Waals surface area contributed by atoms with Crippen LogP contribution in [0.15, 0.2) is 36.1 Å². The van der Waals surface area contributed by atoms with Crippen LogP contribution in [-0.4, -0.2) is 25.0 Å². The predicted octanol–water partition coefficient (Wildman–Crippen LogP) is 2.31. The van der Waals surface area contributed by atoms with Gasteiger partial charge in [0.2, 0.25) is 0 Å². The van der Waals surface area contributed by atoms with E-state index in [1.807, 2.05) is 12.2 Å². The Balaban J connectivity index is 4.54. The van der Waals surface area contributed by atoms with Gasteiger partial charge in [-0.3, -0.25) is 4.90 Å². The van der Waals surface area contributed by atoms with E-state index in [9.17, 15) is 0 Å². The zero-order valence-corrected chi connectivity index (χ0v) is 10.4. The Bertz CT molecular complexity index is 305. The zero-order chi connectivity index (χ0) is 12.4. The van der Waals surface area contributed by atoms with Gasteiger partial charge in [-0.15, -0.1) is 13.0 Å². The first-order chi connectivity index (χ1) is 7.63. The van der Waals surface area contributed by atoms with Crippen LogP contribution in [0.4, 0.5) is 0 Å². The molecular weight excluding hydrogens is 196 g/mol. The molecule has 2 heteroatoms. The molecule has 0 saturated carbocycles. The minimum Gasteiger partial charge on any atom is -0.398 e. The van der Waals surface area contributed by atoms with Gasteiger partial charge < -0.3 is 5.73 Å². The summed E-state index contributed by atoms with van der Waals surface area (Å²) in [7, 11) is 2.06. The number of likely N-dealkylation sites (N-methyl/N-ethyl adjacent to an activating group) is 1. The second-order valence-electron chi connectivity index (χ2n) is 3.85. The molecule has 0 aromatic heterocycles. The molecule has 88 valence electrons. The summed E-state index contributed by atoms with van der Waals surface area (Å²) < 4.78 is 0. The van der Waals surface area contributed by atoms with Crippen LogP contribution in [-0.2, 0) is 0 Å². The highest BCUT2D eigenvalue weighted by Gasteiger charge is 2.01. The summed E-state index contributed by atoms with van der Waals surface area (Å²) in [4.78, 5) is 2.19. The smallest absolute Gasteiger partial charge is 0.0398 e. The summed E-state index contributed by atoms with van der Waals surface area (Å²) in [5, 5.41) is 0. The first-order valence-electron chi connectivity index (χ1n) is 5.54. The highest BCUT2D eigenvalue weighted by Crippen LogP contribution is 2.08. The maximum absolute atomic E-state index is 5.77. The normalized spacial score (nSPS) is 12.6. The lowest BCUT2D eigenvalue weighted by Crippen LogP contribution is -2.21. The minimum absolute atomic E-state index is 0.651. The second kappa shape index (κ2) is 8.82. The number of nitrogens with zero attached hydrogens (tertiary/aromatic N) is 1. The third kappa shape index (κ3) is 6.92. The molecule has 0 spiro atoms. The van der Waals surface area contributed by atoms with E-state index in [0.29, 0.717) is 5.70 Å². The van der Waals surface area contributed by atoms with Gasteiger partial charge in [-0.1, -0.05) is 30.9 Å². The maximum Gasteiger partial charge on any atom is 0.0398 e. The van der Waals surface area contributed by atoms with Gasteiger partial charge in [0.05, 0.1) is 0 Å². The number of nitrogens with two attached hydrogens (primary N) is 1. The summed E-state index contributed by atoms with van der Waals surface area (Å²) in [5.74, 6) is 2.43. The molecule has 0 aromatic rings. The Kier molecular flexibility index (Phi) is 8.01. The van der Waals surface area contributed by atoms with Gasteiger partial charge in [-0.2, -0.15) is 0 Å². The van der Waals surface area contributed by atoms with Gasteiger partial charge in [-0.05, 0) is 19.5 Å². The van der Waals surface area contributed by atoms with Gasteiger partial charge >= 0.3 is 0 Å². The van der Waals surface area contributed by atoms with E-state index in [0.717, 1.165) is 25.9 Å². The van der Waals surface area contributed by atoms with Crippen LogP contribution in [0.3, 0.4) is 0 Å². The molecule has 0 atom stereocenters. The fraction of sp³-hybridized carbons (Fsp3) is 0.429. The fourth-order valence-corrected chi connectivity index (χ4v) is 1.52. The molecule has 0 aromatic carbocycles. The Morgan fingerprint density at radius 1 is 1.56 bits per heavy atom. The van der Waals surface area contributed by atoms with Gasteiger partial charge in [0.15, 0.2) is 0 Å². The molecule has 0 aliphatic carbocycles. The lowest BCUT2D eigenvalue weighted by molar-refractivity contribution is 0.398. The molecule has 0 aliphatic heterocycles. The van der Waals surface area contributed by atoms with E-state index < -0.39 is 0 Å². The molecule has 2 nitrogen and oxygen atoms in total. The molecule has 0 amide bonds. The minimum atomic E-state index is 0.651. The number of rotatable bonds is 7. The molecule has 0 fully saturated rings. The highest BCUT2D eigenvalue weighted by molar-refractivity contribution is 5.27. The lowest BCUT2D eigenvalue weighted by atomic mass is 10.1. The topological polar surface area (TPSA) is 29.3 Å². The molecule has 16 heavy (non-hydrogen) atoms. The summed E-state index contributed by atoms with van der Waals surface area (Å²) in [5.41, 5.74) is 7.72. The van der Waals surface area contributed by atoms with Crippen LogP contribution in [0.25, 0.3) is 0 Å². The van der Waals surface area contributed by atoms with E-state index in [2.05, 4.69) is 31.4 Å². The van der Waals surface area contributed by atoms with Crippen molar-refractivity contribution < 1.29 is 0 Å². The Hall–Kier alpha value is -1.46. The van der Waals surface area contributed by atoms with Gasteiger partial charge in [0.25, 0.3) is 0 Å². The first kappa shape index (κ1) is 14.5.